The summed E-state index contributed by atoms with van der Waals surface area (Å²) < 4.78 is 6.60. The van der Waals surface area contributed by atoms with E-state index in [0.717, 1.165) is 41.4 Å². The number of carbonyl (C=O) groups excluding carboxylic acids is 1. The second-order valence-electron chi connectivity index (χ2n) is 5.02. The van der Waals surface area contributed by atoms with Crippen LogP contribution in [0.15, 0.2) is 40.9 Å². The van der Waals surface area contributed by atoms with Gasteiger partial charge in [-0.1, -0.05) is 30.3 Å². The van der Waals surface area contributed by atoms with E-state index in [1.165, 1.54) is 0 Å². The number of fused-ring (bicyclic) bond motifs is 1. The van der Waals surface area contributed by atoms with Crippen molar-refractivity contribution in [1.29, 1.82) is 0 Å². The molecule has 1 fully saturated rings. The molecule has 0 atom stereocenters. The highest BCUT2D eigenvalue weighted by Crippen LogP contribution is 2.32. The molecule has 0 saturated carbocycles. The number of rotatable bonds is 3. The molecule has 1 N–H and O–H groups in total. The van der Waals surface area contributed by atoms with Crippen LogP contribution in [0.1, 0.15) is 0 Å². The molecule has 2 aromatic rings. The van der Waals surface area contributed by atoms with Crippen molar-refractivity contribution < 1.29 is 9.53 Å². The molecular weight excluding hydrogens is 368 g/mol. The predicted octanol–water partition coefficient (Wildman–Crippen LogP) is 2.83. The monoisotopic (exact) mass is 384 g/mol. The Labute approximate surface area is 144 Å². The predicted molar refractivity (Wildman–Crippen MR) is 93.8 cm³/mol. The van der Waals surface area contributed by atoms with E-state index >= 15 is 0 Å². The summed E-state index contributed by atoms with van der Waals surface area (Å²) in [5.41, 5.74) is 0. The number of ether oxygens (including phenoxy) is 1. The smallest absolute Gasteiger partial charge is 0.260 e. The average Bonchev–Trinajstić information content (AvgIpc) is 2.55. The lowest BCUT2D eigenvalue weighted by Crippen LogP contribution is -2.47. The van der Waals surface area contributed by atoms with Crippen LogP contribution in [0, 0.1) is 0 Å². The Bertz CT molecular complexity index is 660. The van der Waals surface area contributed by atoms with Gasteiger partial charge in [-0.3, -0.25) is 4.79 Å². The van der Waals surface area contributed by atoms with Crippen molar-refractivity contribution in [3.63, 3.8) is 0 Å². The number of hydrogen-bond donors (Lipinski definition) is 1. The molecular formula is C16H18BrClN2O2. The lowest BCUT2D eigenvalue weighted by molar-refractivity contribution is -0.133. The first kappa shape index (κ1) is 17.1. The summed E-state index contributed by atoms with van der Waals surface area (Å²) in [7, 11) is 0. The maximum atomic E-state index is 12.1. The minimum atomic E-state index is 0. The highest BCUT2D eigenvalue weighted by atomic mass is 79.9. The van der Waals surface area contributed by atoms with E-state index in [9.17, 15) is 4.79 Å². The fourth-order valence-electron chi connectivity index (χ4n) is 2.47. The maximum absolute atomic E-state index is 12.1. The van der Waals surface area contributed by atoms with Crippen molar-refractivity contribution >= 4 is 45.0 Å². The van der Waals surface area contributed by atoms with Gasteiger partial charge in [-0.25, -0.2) is 0 Å². The van der Waals surface area contributed by atoms with E-state index in [4.69, 9.17) is 4.74 Å². The summed E-state index contributed by atoms with van der Waals surface area (Å²) >= 11 is 3.57. The second kappa shape index (κ2) is 7.81. The topological polar surface area (TPSA) is 41.6 Å². The van der Waals surface area contributed by atoms with E-state index in [0.29, 0.717) is 5.75 Å². The van der Waals surface area contributed by atoms with Gasteiger partial charge < -0.3 is 15.0 Å². The molecule has 22 heavy (non-hydrogen) atoms. The van der Waals surface area contributed by atoms with Crippen LogP contribution >= 0.6 is 28.3 Å². The molecule has 2 aromatic carbocycles. The minimum Gasteiger partial charge on any atom is -0.483 e. The highest BCUT2D eigenvalue weighted by Gasteiger charge is 2.17. The number of nitrogens with one attached hydrogen (secondary N) is 1. The number of carbonyl (C=O) groups is 1. The number of hydrogen-bond acceptors (Lipinski definition) is 3. The van der Waals surface area contributed by atoms with Crippen molar-refractivity contribution in [2.75, 3.05) is 32.8 Å². The van der Waals surface area contributed by atoms with E-state index in [2.05, 4.69) is 27.3 Å². The van der Waals surface area contributed by atoms with Gasteiger partial charge in [-0.2, -0.15) is 0 Å². The van der Waals surface area contributed by atoms with Crippen molar-refractivity contribution in [1.82, 2.24) is 10.2 Å². The van der Waals surface area contributed by atoms with Gasteiger partial charge in [-0.15, -0.1) is 12.4 Å². The number of halogens is 2. The molecule has 1 saturated heterocycles. The Morgan fingerprint density at radius 1 is 1.18 bits per heavy atom. The van der Waals surface area contributed by atoms with E-state index in [-0.39, 0.29) is 24.9 Å². The minimum absolute atomic E-state index is 0. The van der Waals surface area contributed by atoms with E-state index in [1.54, 1.807) is 0 Å². The van der Waals surface area contributed by atoms with Gasteiger partial charge in [0, 0.05) is 26.2 Å². The summed E-state index contributed by atoms with van der Waals surface area (Å²) in [6, 6.07) is 12.0. The highest BCUT2D eigenvalue weighted by molar-refractivity contribution is 9.10. The van der Waals surface area contributed by atoms with Crippen molar-refractivity contribution in [2.45, 2.75) is 0 Å². The van der Waals surface area contributed by atoms with Gasteiger partial charge in [0.05, 0.1) is 4.47 Å². The molecule has 118 valence electrons. The van der Waals surface area contributed by atoms with Crippen LogP contribution < -0.4 is 10.1 Å². The molecule has 1 aliphatic rings. The fraction of sp³-hybridized carbons (Fsp3) is 0.312. The average molecular weight is 386 g/mol. The Hall–Kier alpha value is -1.30. The Balaban J connectivity index is 0.00000176. The molecule has 0 aromatic heterocycles. The van der Waals surface area contributed by atoms with Crippen LogP contribution in [0.3, 0.4) is 0 Å². The third kappa shape index (κ3) is 3.72. The summed E-state index contributed by atoms with van der Waals surface area (Å²) in [6.45, 7) is 3.29. The SMILES string of the molecule is Cl.O=C(COc1ccc2ccccc2c1Br)N1CCNCC1. The zero-order valence-corrected chi connectivity index (χ0v) is 14.5. The maximum Gasteiger partial charge on any atom is 0.260 e. The van der Waals surface area contributed by atoms with Gasteiger partial charge in [0.2, 0.25) is 0 Å². The number of nitrogens with zero attached hydrogens (tertiary/aromatic N) is 1. The van der Waals surface area contributed by atoms with Crippen LogP contribution in [-0.2, 0) is 4.79 Å². The summed E-state index contributed by atoms with van der Waals surface area (Å²) in [4.78, 5) is 13.9. The third-order valence-corrected chi connectivity index (χ3v) is 4.47. The molecule has 3 rings (SSSR count). The van der Waals surface area contributed by atoms with Crippen LogP contribution in [0.2, 0.25) is 0 Å². The first-order valence-electron chi connectivity index (χ1n) is 7.04. The lowest BCUT2D eigenvalue weighted by atomic mass is 10.1. The molecule has 0 radical (unpaired) electrons. The first-order valence-corrected chi connectivity index (χ1v) is 7.83. The molecule has 4 nitrogen and oxygen atoms in total. The van der Waals surface area contributed by atoms with Crippen molar-refractivity contribution in [2.24, 2.45) is 0 Å². The van der Waals surface area contributed by atoms with Crippen molar-refractivity contribution in [3.8, 4) is 5.75 Å². The molecule has 0 aliphatic carbocycles. The molecule has 0 spiro atoms. The number of benzene rings is 2. The van der Waals surface area contributed by atoms with E-state index in [1.807, 2.05) is 35.2 Å². The normalized spacial score (nSPS) is 14.5. The largest absolute Gasteiger partial charge is 0.483 e. The van der Waals surface area contributed by atoms with Crippen LogP contribution in [0.5, 0.6) is 5.75 Å². The van der Waals surface area contributed by atoms with Gasteiger partial charge in [0.15, 0.2) is 6.61 Å². The molecule has 1 heterocycles. The molecule has 1 amide bonds. The van der Waals surface area contributed by atoms with Crippen LogP contribution in [0.25, 0.3) is 10.8 Å². The second-order valence-corrected chi connectivity index (χ2v) is 5.81. The van der Waals surface area contributed by atoms with Crippen molar-refractivity contribution in [3.05, 3.63) is 40.9 Å². The molecule has 1 aliphatic heterocycles. The zero-order chi connectivity index (χ0) is 14.7. The first-order chi connectivity index (χ1) is 10.3. The Morgan fingerprint density at radius 2 is 1.91 bits per heavy atom. The van der Waals surface area contributed by atoms with Crippen LogP contribution in [0.4, 0.5) is 0 Å². The number of piperazine rings is 1. The molecule has 0 bridgehead atoms. The summed E-state index contributed by atoms with van der Waals surface area (Å²) in [6.07, 6.45) is 0. The molecule has 6 heteroatoms. The van der Waals surface area contributed by atoms with Gasteiger partial charge >= 0.3 is 0 Å². The Morgan fingerprint density at radius 3 is 2.68 bits per heavy atom. The van der Waals surface area contributed by atoms with Gasteiger partial charge in [0.25, 0.3) is 5.91 Å². The third-order valence-electron chi connectivity index (χ3n) is 3.65. The summed E-state index contributed by atoms with van der Waals surface area (Å²) in [5.74, 6) is 0.744. The van der Waals surface area contributed by atoms with Crippen LogP contribution in [-0.4, -0.2) is 43.6 Å². The fourth-order valence-corrected chi connectivity index (χ4v) is 3.08. The Kier molecular flexibility index (Phi) is 6.06. The van der Waals surface area contributed by atoms with Gasteiger partial charge in [0.1, 0.15) is 5.75 Å². The lowest BCUT2D eigenvalue weighted by Gasteiger charge is -2.27. The zero-order valence-electron chi connectivity index (χ0n) is 12.0. The number of amides is 1. The quantitative estimate of drug-likeness (QED) is 0.883. The van der Waals surface area contributed by atoms with E-state index < -0.39 is 0 Å². The standard InChI is InChI=1S/C16H17BrN2O2.ClH/c17-16-13-4-2-1-3-12(13)5-6-14(16)21-11-15(20)19-9-7-18-8-10-19;/h1-6,18H,7-11H2;1H. The molecule has 0 unspecified atom stereocenters. The van der Waals surface area contributed by atoms with Gasteiger partial charge in [-0.05, 0) is 32.8 Å². The summed E-state index contributed by atoms with van der Waals surface area (Å²) in [5, 5.41) is 5.46.